The SMILES string of the molecule is CN1CCC(NC(=O)c2cc3c(s2)CC[C@H](C(C)(C)C)C3)CC1. The number of rotatable bonds is 2. The molecule has 0 radical (unpaired) electrons. The molecule has 1 aliphatic carbocycles. The van der Waals surface area contributed by atoms with E-state index in [0.29, 0.717) is 11.5 Å². The summed E-state index contributed by atoms with van der Waals surface area (Å²) in [5.41, 5.74) is 1.78. The number of aryl methyl sites for hydroxylation is 1. The van der Waals surface area contributed by atoms with Crippen LogP contribution in [0.4, 0.5) is 0 Å². The van der Waals surface area contributed by atoms with Gasteiger partial charge in [0.05, 0.1) is 4.88 Å². The summed E-state index contributed by atoms with van der Waals surface area (Å²) in [7, 11) is 2.15. The van der Waals surface area contributed by atoms with Gasteiger partial charge in [0, 0.05) is 10.9 Å². The summed E-state index contributed by atoms with van der Waals surface area (Å²) >= 11 is 1.72. The van der Waals surface area contributed by atoms with Gasteiger partial charge < -0.3 is 10.2 Å². The maximum atomic E-state index is 12.6. The van der Waals surface area contributed by atoms with E-state index in [-0.39, 0.29) is 5.91 Å². The second-order valence-electron chi connectivity index (χ2n) is 8.42. The van der Waals surface area contributed by atoms with Crippen LogP contribution in [0, 0.1) is 11.3 Å². The van der Waals surface area contributed by atoms with Crippen molar-refractivity contribution < 1.29 is 4.79 Å². The quantitative estimate of drug-likeness (QED) is 0.894. The first-order valence-corrected chi connectivity index (χ1v) is 9.75. The largest absolute Gasteiger partial charge is 0.349 e. The fraction of sp³-hybridized carbons (Fsp3) is 0.737. The smallest absolute Gasteiger partial charge is 0.261 e. The molecular formula is C19H30N2OS. The molecule has 2 heterocycles. The minimum Gasteiger partial charge on any atom is -0.349 e. The van der Waals surface area contributed by atoms with E-state index in [1.54, 1.807) is 11.3 Å². The van der Waals surface area contributed by atoms with Crippen LogP contribution < -0.4 is 5.32 Å². The van der Waals surface area contributed by atoms with Crippen LogP contribution in [0.1, 0.15) is 60.1 Å². The Labute approximate surface area is 144 Å². The fourth-order valence-electron chi connectivity index (χ4n) is 3.78. The zero-order chi connectivity index (χ0) is 16.6. The standard InChI is InChI=1S/C19H30N2OS/c1-19(2,3)14-5-6-16-13(11-14)12-17(23-16)18(22)20-15-7-9-21(4)10-8-15/h12,14-15H,5-11H2,1-4H3,(H,20,22)/t14-/m0/s1. The Morgan fingerprint density at radius 1 is 1.26 bits per heavy atom. The fourth-order valence-corrected chi connectivity index (χ4v) is 4.90. The summed E-state index contributed by atoms with van der Waals surface area (Å²) in [4.78, 5) is 17.3. The van der Waals surface area contributed by atoms with Crippen LogP contribution in [0.25, 0.3) is 0 Å². The molecule has 1 aromatic rings. The molecule has 3 nitrogen and oxygen atoms in total. The number of likely N-dealkylation sites (tertiary alicyclic amines) is 1. The Kier molecular flexibility index (Phi) is 4.84. The van der Waals surface area contributed by atoms with Gasteiger partial charge in [0.2, 0.25) is 0 Å². The molecule has 1 saturated heterocycles. The lowest BCUT2D eigenvalue weighted by Crippen LogP contribution is -2.43. The number of nitrogens with one attached hydrogen (secondary N) is 1. The summed E-state index contributed by atoms with van der Waals surface area (Å²) in [5.74, 6) is 0.876. The monoisotopic (exact) mass is 334 g/mol. The predicted molar refractivity (Wildman–Crippen MR) is 97.3 cm³/mol. The van der Waals surface area contributed by atoms with Crippen molar-refractivity contribution in [1.29, 1.82) is 0 Å². The first kappa shape index (κ1) is 17.0. The number of hydrogen-bond donors (Lipinski definition) is 1. The Morgan fingerprint density at radius 2 is 1.96 bits per heavy atom. The number of carbonyl (C=O) groups is 1. The maximum absolute atomic E-state index is 12.6. The number of thiophene rings is 1. The lowest BCUT2D eigenvalue weighted by Gasteiger charge is -2.33. The van der Waals surface area contributed by atoms with Gasteiger partial charge in [-0.15, -0.1) is 11.3 Å². The number of carbonyl (C=O) groups excluding carboxylic acids is 1. The van der Waals surface area contributed by atoms with Crippen LogP contribution in [0.5, 0.6) is 0 Å². The molecule has 1 N–H and O–H groups in total. The van der Waals surface area contributed by atoms with Gasteiger partial charge in [-0.3, -0.25) is 4.79 Å². The summed E-state index contributed by atoms with van der Waals surface area (Å²) in [6, 6.07) is 2.52. The Hall–Kier alpha value is -0.870. The van der Waals surface area contributed by atoms with Gasteiger partial charge in [-0.1, -0.05) is 20.8 Å². The van der Waals surface area contributed by atoms with Crippen molar-refractivity contribution in [2.24, 2.45) is 11.3 Å². The van der Waals surface area contributed by atoms with Crippen LogP contribution >= 0.6 is 11.3 Å². The zero-order valence-corrected chi connectivity index (χ0v) is 15.8. The second kappa shape index (κ2) is 6.56. The van der Waals surface area contributed by atoms with E-state index in [0.717, 1.165) is 49.6 Å². The molecular weight excluding hydrogens is 304 g/mol. The average Bonchev–Trinajstić information content (AvgIpc) is 2.92. The lowest BCUT2D eigenvalue weighted by atomic mass is 9.72. The van der Waals surface area contributed by atoms with E-state index in [4.69, 9.17) is 0 Å². The van der Waals surface area contributed by atoms with Crippen molar-refractivity contribution in [2.75, 3.05) is 20.1 Å². The summed E-state index contributed by atoms with van der Waals surface area (Å²) in [6.07, 6.45) is 5.67. The van der Waals surface area contributed by atoms with E-state index >= 15 is 0 Å². The van der Waals surface area contributed by atoms with E-state index in [1.165, 1.54) is 16.9 Å². The Morgan fingerprint density at radius 3 is 2.61 bits per heavy atom. The molecule has 128 valence electrons. The highest BCUT2D eigenvalue weighted by molar-refractivity contribution is 7.14. The molecule has 23 heavy (non-hydrogen) atoms. The van der Waals surface area contributed by atoms with Crippen molar-refractivity contribution in [3.05, 3.63) is 21.4 Å². The molecule has 0 unspecified atom stereocenters. The van der Waals surface area contributed by atoms with Gasteiger partial charge >= 0.3 is 0 Å². The number of nitrogens with zero attached hydrogens (tertiary/aromatic N) is 1. The van der Waals surface area contributed by atoms with Gasteiger partial charge in [-0.25, -0.2) is 0 Å². The van der Waals surface area contributed by atoms with E-state index in [1.807, 2.05) is 0 Å². The van der Waals surface area contributed by atoms with Gasteiger partial charge in [0.15, 0.2) is 0 Å². The number of piperidine rings is 1. The number of amides is 1. The third-order valence-corrected chi connectivity index (χ3v) is 6.82. The molecule has 1 amide bonds. The van der Waals surface area contributed by atoms with Crippen LogP contribution in [0.3, 0.4) is 0 Å². The van der Waals surface area contributed by atoms with Crippen LogP contribution in [0.2, 0.25) is 0 Å². The van der Waals surface area contributed by atoms with Gasteiger partial charge in [0.25, 0.3) is 5.91 Å². The molecule has 0 bridgehead atoms. The number of hydrogen-bond acceptors (Lipinski definition) is 3. The zero-order valence-electron chi connectivity index (χ0n) is 14.9. The first-order chi connectivity index (χ1) is 10.8. The minimum absolute atomic E-state index is 0.145. The van der Waals surface area contributed by atoms with E-state index in [2.05, 4.69) is 44.1 Å². The lowest BCUT2D eigenvalue weighted by molar-refractivity contribution is 0.0921. The molecule has 4 heteroatoms. The highest BCUT2D eigenvalue weighted by Crippen LogP contribution is 2.40. The van der Waals surface area contributed by atoms with Gasteiger partial charge in [0.1, 0.15) is 0 Å². The third kappa shape index (κ3) is 3.97. The molecule has 2 aliphatic rings. The molecule has 3 rings (SSSR count). The second-order valence-corrected chi connectivity index (χ2v) is 9.55. The van der Waals surface area contributed by atoms with E-state index < -0.39 is 0 Å². The molecule has 0 aromatic carbocycles. The number of fused-ring (bicyclic) bond motifs is 1. The third-order valence-electron chi connectivity index (χ3n) is 5.59. The van der Waals surface area contributed by atoms with Gasteiger partial charge in [-0.05, 0) is 75.2 Å². The topological polar surface area (TPSA) is 32.3 Å². The van der Waals surface area contributed by atoms with E-state index in [9.17, 15) is 4.79 Å². The van der Waals surface area contributed by atoms with Crippen LogP contribution in [-0.2, 0) is 12.8 Å². The maximum Gasteiger partial charge on any atom is 0.261 e. The van der Waals surface area contributed by atoms with Crippen molar-refractivity contribution in [3.63, 3.8) is 0 Å². The average molecular weight is 335 g/mol. The normalized spacial score (nSPS) is 23.6. The predicted octanol–water partition coefficient (Wildman–Crippen LogP) is 3.72. The van der Waals surface area contributed by atoms with Crippen molar-refractivity contribution >= 4 is 17.2 Å². The molecule has 0 saturated carbocycles. The van der Waals surface area contributed by atoms with Crippen LogP contribution in [-0.4, -0.2) is 37.0 Å². The summed E-state index contributed by atoms with van der Waals surface area (Å²) < 4.78 is 0. The molecule has 1 atom stereocenters. The molecule has 1 aliphatic heterocycles. The first-order valence-electron chi connectivity index (χ1n) is 8.94. The molecule has 0 spiro atoms. The molecule has 1 aromatic heterocycles. The van der Waals surface area contributed by atoms with Gasteiger partial charge in [-0.2, -0.15) is 0 Å². The Balaban J connectivity index is 1.64. The molecule has 1 fully saturated rings. The van der Waals surface area contributed by atoms with Crippen molar-refractivity contribution in [2.45, 2.75) is 58.9 Å². The minimum atomic E-state index is 0.145. The van der Waals surface area contributed by atoms with Crippen LogP contribution in [0.15, 0.2) is 6.07 Å². The van der Waals surface area contributed by atoms with Crippen molar-refractivity contribution in [1.82, 2.24) is 10.2 Å². The summed E-state index contributed by atoms with van der Waals surface area (Å²) in [6.45, 7) is 9.17. The Bertz CT molecular complexity index is 564. The highest BCUT2D eigenvalue weighted by atomic mass is 32.1. The summed E-state index contributed by atoms with van der Waals surface area (Å²) in [5, 5.41) is 3.25. The van der Waals surface area contributed by atoms with Crippen molar-refractivity contribution in [3.8, 4) is 0 Å². The highest BCUT2D eigenvalue weighted by Gasteiger charge is 2.30.